The van der Waals surface area contributed by atoms with Crippen LogP contribution in [-0.4, -0.2) is 31.2 Å². The predicted molar refractivity (Wildman–Crippen MR) is 87.4 cm³/mol. The second-order valence-electron chi connectivity index (χ2n) is 5.65. The zero-order valence-electron chi connectivity index (χ0n) is 13.4. The standard InChI is InChI=1S/C18H14F3NO4/c19-18(20,21)10-22-15(23)9-26-16(24)7-12-8-25-14-6-5-11-3-1-2-4-13(11)17(12)14/h1-6,8H,7,9-10H2,(H,22,23). The summed E-state index contributed by atoms with van der Waals surface area (Å²) in [7, 11) is 0. The van der Waals surface area contributed by atoms with E-state index in [0.29, 0.717) is 11.1 Å². The quantitative estimate of drug-likeness (QED) is 0.704. The fourth-order valence-corrected chi connectivity index (χ4v) is 2.61. The first kappa shape index (κ1) is 17.8. The number of ether oxygens (including phenoxy) is 1. The predicted octanol–water partition coefficient (Wildman–Crippen LogP) is 3.35. The molecule has 0 saturated carbocycles. The van der Waals surface area contributed by atoms with E-state index in [0.717, 1.165) is 16.2 Å². The van der Waals surface area contributed by atoms with Crippen molar-refractivity contribution >= 4 is 33.6 Å². The van der Waals surface area contributed by atoms with Gasteiger partial charge in [-0.25, -0.2) is 0 Å². The highest BCUT2D eigenvalue weighted by molar-refractivity contribution is 6.08. The topological polar surface area (TPSA) is 68.5 Å². The van der Waals surface area contributed by atoms with Gasteiger partial charge in [0.15, 0.2) is 6.61 Å². The Morgan fingerprint density at radius 2 is 1.88 bits per heavy atom. The Morgan fingerprint density at radius 1 is 1.12 bits per heavy atom. The summed E-state index contributed by atoms with van der Waals surface area (Å²) < 4.78 is 46.2. The minimum absolute atomic E-state index is 0.159. The monoisotopic (exact) mass is 365 g/mol. The molecule has 5 nitrogen and oxygen atoms in total. The van der Waals surface area contributed by atoms with Crippen molar-refractivity contribution < 1.29 is 31.9 Å². The van der Waals surface area contributed by atoms with Crippen LogP contribution in [0.3, 0.4) is 0 Å². The van der Waals surface area contributed by atoms with E-state index in [4.69, 9.17) is 9.15 Å². The van der Waals surface area contributed by atoms with Crippen molar-refractivity contribution in [1.29, 1.82) is 0 Å². The Kier molecular flexibility index (Phi) is 4.83. The SMILES string of the molecule is O=C(COC(=O)Cc1coc2ccc3ccccc3c12)NCC(F)(F)F. The number of hydrogen-bond donors (Lipinski definition) is 1. The van der Waals surface area contributed by atoms with Crippen molar-refractivity contribution in [3.8, 4) is 0 Å². The van der Waals surface area contributed by atoms with Gasteiger partial charge in [0.1, 0.15) is 12.1 Å². The van der Waals surface area contributed by atoms with Crippen LogP contribution in [0.1, 0.15) is 5.56 Å². The molecule has 0 fully saturated rings. The number of furan rings is 1. The molecule has 136 valence electrons. The van der Waals surface area contributed by atoms with Crippen LogP contribution < -0.4 is 5.32 Å². The maximum atomic E-state index is 12.0. The van der Waals surface area contributed by atoms with E-state index in [9.17, 15) is 22.8 Å². The molecule has 0 unspecified atom stereocenters. The Hall–Kier alpha value is -3.03. The first-order valence-corrected chi connectivity index (χ1v) is 7.70. The van der Waals surface area contributed by atoms with Crippen molar-refractivity contribution in [1.82, 2.24) is 5.32 Å². The molecule has 0 aliphatic carbocycles. The molecule has 3 rings (SSSR count). The van der Waals surface area contributed by atoms with E-state index in [1.54, 1.807) is 11.4 Å². The van der Waals surface area contributed by atoms with Gasteiger partial charge in [-0.3, -0.25) is 9.59 Å². The molecule has 1 amide bonds. The Labute approximate surface area is 145 Å². The largest absolute Gasteiger partial charge is 0.464 e. The highest BCUT2D eigenvalue weighted by Gasteiger charge is 2.27. The summed E-state index contributed by atoms with van der Waals surface area (Å²) in [6.45, 7) is -2.24. The zero-order valence-corrected chi connectivity index (χ0v) is 13.4. The molecule has 1 heterocycles. The summed E-state index contributed by atoms with van der Waals surface area (Å²) in [5.74, 6) is -1.75. The van der Waals surface area contributed by atoms with Gasteiger partial charge in [-0.05, 0) is 16.8 Å². The molecule has 0 atom stereocenters. The third-order valence-corrected chi connectivity index (χ3v) is 3.73. The molecule has 1 N–H and O–H groups in total. The molecule has 0 spiro atoms. The lowest BCUT2D eigenvalue weighted by Crippen LogP contribution is -2.36. The fraction of sp³-hybridized carbons (Fsp3) is 0.222. The number of rotatable bonds is 5. The number of amides is 1. The molecule has 0 saturated heterocycles. The number of alkyl halides is 3. The molecule has 8 heteroatoms. The number of fused-ring (bicyclic) bond motifs is 3. The van der Waals surface area contributed by atoms with Gasteiger partial charge in [-0.2, -0.15) is 13.2 Å². The minimum Gasteiger partial charge on any atom is -0.464 e. The van der Waals surface area contributed by atoms with E-state index in [1.165, 1.54) is 6.26 Å². The van der Waals surface area contributed by atoms with Gasteiger partial charge in [0.05, 0.1) is 12.7 Å². The van der Waals surface area contributed by atoms with Crippen LogP contribution in [0.25, 0.3) is 21.7 Å². The van der Waals surface area contributed by atoms with Crippen LogP contribution in [0.2, 0.25) is 0 Å². The summed E-state index contributed by atoms with van der Waals surface area (Å²) in [6, 6.07) is 11.3. The maximum absolute atomic E-state index is 12.0. The van der Waals surface area contributed by atoms with Crippen LogP contribution in [0, 0.1) is 0 Å². The minimum atomic E-state index is -4.52. The van der Waals surface area contributed by atoms with E-state index < -0.39 is 31.2 Å². The summed E-state index contributed by atoms with van der Waals surface area (Å²) in [4.78, 5) is 23.2. The lowest BCUT2D eigenvalue weighted by molar-refractivity contribution is -0.150. The van der Waals surface area contributed by atoms with Crippen molar-refractivity contribution in [3.63, 3.8) is 0 Å². The van der Waals surface area contributed by atoms with Crippen LogP contribution >= 0.6 is 0 Å². The zero-order chi connectivity index (χ0) is 18.7. The average molecular weight is 365 g/mol. The van der Waals surface area contributed by atoms with Gasteiger partial charge >= 0.3 is 12.1 Å². The van der Waals surface area contributed by atoms with Crippen LogP contribution in [0.5, 0.6) is 0 Å². The maximum Gasteiger partial charge on any atom is 0.405 e. The van der Waals surface area contributed by atoms with E-state index in [1.807, 2.05) is 30.3 Å². The molecule has 3 aromatic rings. The number of esters is 1. The van der Waals surface area contributed by atoms with Crippen LogP contribution in [0.4, 0.5) is 13.2 Å². The molecule has 1 aromatic heterocycles. The molecule has 0 aliphatic rings. The average Bonchev–Trinajstić information content (AvgIpc) is 3.01. The van der Waals surface area contributed by atoms with E-state index in [-0.39, 0.29) is 6.42 Å². The fourth-order valence-electron chi connectivity index (χ4n) is 2.61. The molecule has 26 heavy (non-hydrogen) atoms. The number of carbonyl (C=O) groups is 2. The third-order valence-electron chi connectivity index (χ3n) is 3.73. The van der Waals surface area contributed by atoms with Gasteiger partial charge < -0.3 is 14.5 Å². The Balaban J connectivity index is 1.66. The lowest BCUT2D eigenvalue weighted by Gasteiger charge is -2.08. The van der Waals surface area contributed by atoms with Crippen molar-refractivity contribution in [2.24, 2.45) is 0 Å². The van der Waals surface area contributed by atoms with Crippen LogP contribution in [0.15, 0.2) is 47.1 Å². The molecule has 0 bridgehead atoms. The third kappa shape index (κ3) is 4.14. The normalized spacial score (nSPS) is 11.7. The highest BCUT2D eigenvalue weighted by atomic mass is 19.4. The van der Waals surface area contributed by atoms with Crippen molar-refractivity contribution in [3.05, 3.63) is 48.2 Å². The van der Waals surface area contributed by atoms with Gasteiger partial charge in [-0.15, -0.1) is 0 Å². The molecular formula is C18H14F3NO4. The number of carbonyl (C=O) groups excluding carboxylic acids is 2. The van der Waals surface area contributed by atoms with Gasteiger partial charge in [0, 0.05) is 10.9 Å². The number of halogens is 3. The number of hydrogen-bond acceptors (Lipinski definition) is 4. The summed E-state index contributed by atoms with van der Waals surface area (Å²) in [5, 5.41) is 4.28. The first-order valence-electron chi connectivity index (χ1n) is 7.70. The number of nitrogens with one attached hydrogen (secondary N) is 1. The summed E-state index contributed by atoms with van der Waals surface area (Å²) in [5.41, 5.74) is 1.19. The van der Waals surface area contributed by atoms with Gasteiger partial charge in [0.25, 0.3) is 5.91 Å². The lowest BCUT2D eigenvalue weighted by atomic mass is 10.0. The molecule has 0 aliphatic heterocycles. The number of benzene rings is 2. The van der Waals surface area contributed by atoms with Gasteiger partial charge in [-0.1, -0.05) is 30.3 Å². The highest BCUT2D eigenvalue weighted by Crippen LogP contribution is 2.30. The van der Waals surface area contributed by atoms with Crippen molar-refractivity contribution in [2.75, 3.05) is 13.2 Å². The molecule has 0 radical (unpaired) electrons. The Bertz CT molecular complexity index is 962. The second kappa shape index (κ2) is 7.07. The second-order valence-corrected chi connectivity index (χ2v) is 5.65. The van der Waals surface area contributed by atoms with Gasteiger partial charge in [0.2, 0.25) is 0 Å². The molecule has 2 aromatic carbocycles. The molecular weight excluding hydrogens is 351 g/mol. The van der Waals surface area contributed by atoms with Crippen LogP contribution in [-0.2, 0) is 20.7 Å². The van der Waals surface area contributed by atoms with E-state index >= 15 is 0 Å². The van der Waals surface area contributed by atoms with E-state index in [2.05, 4.69) is 0 Å². The summed E-state index contributed by atoms with van der Waals surface area (Å²) >= 11 is 0. The van der Waals surface area contributed by atoms with Crippen molar-refractivity contribution in [2.45, 2.75) is 12.6 Å². The Morgan fingerprint density at radius 3 is 2.65 bits per heavy atom. The smallest absolute Gasteiger partial charge is 0.405 e. The first-order chi connectivity index (χ1) is 12.3. The summed E-state index contributed by atoms with van der Waals surface area (Å²) in [6.07, 6.45) is -3.24.